The Labute approximate surface area is 146 Å². The van der Waals surface area contributed by atoms with Crippen molar-refractivity contribution in [1.82, 2.24) is 20.3 Å². The summed E-state index contributed by atoms with van der Waals surface area (Å²) in [7, 11) is 0. The van der Waals surface area contributed by atoms with Crippen LogP contribution in [0.15, 0.2) is 24.5 Å². The van der Waals surface area contributed by atoms with Gasteiger partial charge in [0.05, 0.1) is 11.1 Å². The molecule has 1 unspecified atom stereocenters. The summed E-state index contributed by atoms with van der Waals surface area (Å²) in [5, 5.41) is 6.80. The monoisotopic (exact) mass is 357 g/mol. The van der Waals surface area contributed by atoms with Crippen molar-refractivity contribution in [3.05, 3.63) is 36.0 Å². The van der Waals surface area contributed by atoms with E-state index >= 15 is 0 Å². The van der Waals surface area contributed by atoms with Gasteiger partial charge in [-0.15, -0.1) is 24.8 Å². The molecule has 0 aromatic carbocycles. The molecule has 1 fully saturated rings. The molecule has 124 valence electrons. The van der Waals surface area contributed by atoms with Gasteiger partial charge in [-0.05, 0) is 43.5 Å². The van der Waals surface area contributed by atoms with E-state index in [1.807, 2.05) is 6.07 Å². The molecule has 4 rings (SSSR count). The number of pyridine rings is 1. The predicted octanol–water partition coefficient (Wildman–Crippen LogP) is 2.61. The molecule has 1 spiro atoms. The fraction of sp³-hybridized carbons (Fsp3) is 0.400. The van der Waals surface area contributed by atoms with Crippen LogP contribution >= 0.6 is 24.8 Å². The van der Waals surface area contributed by atoms with Crippen LogP contribution in [0.5, 0.6) is 0 Å². The number of aromatic nitrogens is 3. The Hall–Kier alpha value is -1.50. The molecule has 5 nitrogen and oxygen atoms in total. The molecule has 2 aromatic rings. The van der Waals surface area contributed by atoms with Crippen molar-refractivity contribution in [2.24, 2.45) is 0 Å². The summed E-state index contributed by atoms with van der Waals surface area (Å²) in [5.74, 6) is 0.533. The second-order valence-electron chi connectivity index (χ2n) is 5.74. The summed E-state index contributed by atoms with van der Waals surface area (Å²) in [6.07, 6.45) is 6.21. The SMILES string of the molecule is Cl.Cl.Fc1nc2c(cc1-c1ncccn1)CCC1(CCNC1)N2. The highest BCUT2D eigenvalue weighted by molar-refractivity contribution is 5.85. The Kier molecular flexibility index (Phi) is 5.39. The largest absolute Gasteiger partial charge is 0.363 e. The first-order valence-corrected chi connectivity index (χ1v) is 7.22. The zero-order valence-electron chi connectivity index (χ0n) is 12.4. The predicted molar refractivity (Wildman–Crippen MR) is 91.9 cm³/mol. The minimum absolute atomic E-state index is 0. The van der Waals surface area contributed by atoms with E-state index < -0.39 is 5.95 Å². The molecule has 1 atom stereocenters. The molecule has 1 saturated heterocycles. The highest BCUT2D eigenvalue weighted by Gasteiger charge is 2.37. The third-order valence-electron chi connectivity index (χ3n) is 4.36. The molecule has 0 radical (unpaired) electrons. The molecule has 0 amide bonds. The zero-order valence-corrected chi connectivity index (χ0v) is 14.0. The molecule has 8 heteroatoms. The minimum Gasteiger partial charge on any atom is -0.363 e. The van der Waals surface area contributed by atoms with Crippen LogP contribution in [0.1, 0.15) is 18.4 Å². The van der Waals surface area contributed by atoms with Crippen LogP contribution in [-0.2, 0) is 6.42 Å². The molecule has 2 N–H and O–H groups in total. The Morgan fingerprint density at radius 1 is 1.13 bits per heavy atom. The van der Waals surface area contributed by atoms with Crippen molar-refractivity contribution in [2.45, 2.75) is 24.8 Å². The summed E-state index contributed by atoms with van der Waals surface area (Å²) in [5.41, 5.74) is 1.45. The summed E-state index contributed by atoms with van der Waals surface area (Å²) >= 11 is 0. The highest BCUT2D eigenvalue weighted by atomic mass is 35.5. The molecule has 2 aliphatic heterocycles. The van der Waals surface area contributed by atoms with E-state index in [9.17, 15) is 4.39 Å². The van der Waals surface area contributed by atoms with Crippen LogP contribution in [0.4, 0.5) is 10.2 Å². The lowest BCUT2D eigenvalue weighted by Crippen LogP contribution is -2.44. The average molecular weight is 358 g/mol. The number of hydrogen-bond donors (Lipinski definition) is 2. The van der Waals surface area contributed by atoms with E-state index in [1.54, 1.807) is 18.5 Å². The maximum Gasteiger partial charge on any atom is 0.225 e. The van der Waals surface area contributed by atoms with Crippen molar-refractivity contribution in [1.29, 1.82) is 0 Å². The van der Waals surface area contributed by atoms with E-state index in [0.717, 1.165) is 37.9 Å². The Morgan fingerprint density at radius 2 is 1.91 bits per heavy atom. The molecular weight excluding hydrogens is 340 g/mol. The Bertz CT molecular complexity index is 677. The molecule has 23 heavy (non-hydrogen) atoms. The van der Waals surface area contributed by atoms with Gasteiger partial charge in [0.25, 0.3) is 0 Å². The van der Waals surface area contributed by atoms with Crippen molar-refractivity contribution >= 4 is 30.6 Å². The summed E-state index contributed by atoms with van der Waals surface area (Å²) in [4.78, 5) is 12.3. The van der Waals surface area contributed by atoms with Gasteiger partial charge in [-0.3, -0.25) is 0 Å². The smallest absolute Gasteiger partial charge is 0.225 e. The number of anilines is 1. The fourth-order valence-corrected chi connectivity index (χ4v) is 3.18. The van der Waals surface area contributed by atoms with E-state index in [2.05, 4.69) is 25.6 Å². The number of aryl methyl sites for hydroxylation is 1. The topological polar surface area (TPSA) is 62.7 Å². The first kappa shape index (κ1) is 17.8. The van der Waals surface area contributed by atoms with Gasteiger partial charge in [0.2, 0.25) is 5.95 Å². The number of hydrogen-bond acceptors (Lipinski definition) is 5. The molecular formula is C15H18Cl2FN5. The van der Waals surface area contributed by atoms with E-state index in [1.165, 1.54) is 0 Å². The second kappa shape index (κ2) is 6.95. The summed E-state index contributed by atoms with van der Waals surface area (Å²) < 4.78 is 14.3. The maximum absolute atomic E-state index is 14.3. The van der Waals surface area contributed by atoms with Crippen molar-refractivity contribution in [3.63, 3.8) is 0 Å². The average Bonchev–Trinajstić information content (AvgIpc) is 2.95. The Morgan fingerprint density at radius 3 is 2.61 bits per heavy atom. The number of fused-ring (bicyclic) bond motifs is 1. The van der Waals surface area contributed by atoms with E-state index in [0.29, 0.717) is 17.2 Å². The number of rotatable bonds is 1. The molecule has 0 saturated carbocycles. The zero-order chi connectivity index (χ0) is 14.3. The molecule has 2 aliphatic rings. The number of nitrogens with one attached hydrogen (secondary N) is 2. The van der Waals surface area contributed by atoms with Crippen LogP contribution in [-0.4, -0.2) is 33.6 Å². The van der Waals surface area contributed by atoms with Gasteiger partial charge in [0.1, 0.15) is 5.82 Å². The van der Waals surface area contributed by atoms with Crippen molar-refractivity contribution < 1.29 is 4.39 Å². The maximum atomic E-state index is 14.3. The van der Waals surface area contributed by atoms with Gasteiger partial charge >= 0.3 is 0 Å². The van der Waals surface area contributed by atoms with Crippen LogP contribution < -0.4 is 10.6 Å². The van der Waals surface area contributed by atoms with Crippen LogP contribution in [0.3, 0.4) is 0 Å². The van der Waals surface area contributed by atoms with Crippen LogP contribution in [0, 0.1) is 5.95 Å². The molecule has 4 heterocycles. The second-order valence-corrected chi connectivity index (χ2v) is 5.74. The minimum atomic E-state index is -0.518. The number of nitrogens with zero attached hydrogens (tertiary/aromatic N) is 3. The number of halogens is 3. The van der Waals surface area contributed by atoms with Crippen LogP contribution in [0.25, 0.3) is 11.4 Å². The summed E-state index contributed by atoms with van der Waals surface area (Å²) in [6.45, 7) is 1.92. The van der Waals surface area contributed by atoms with Crippen LogP contribution in [0.2, 0.25) is 0 Å². The third-order valence-corrected chi connectivity index (χ3v) is 4.36. The fourth-order valence-electron chi connectivity index (χ4n) is 3.18. The van der Waals surface area contributed by atoms with E-state index in [4.69, 9.17) is 0 Å². The molecule has 2 aromatic heterocycles. The first-order valence-electron chi connectivity index (χ1n) is 7.22. The lowest BCUT2D eigenvalue weighted by atomic mass is 9.86. The van der Waals surface area contributed by atoms with Gasteiger partial charge < -0.3 is 10.6 Å². The van der Waals surface area contributed by atoms with Gasteiger partial charge in [-0.2, -0.15) is 4.39 Å². The highest BCUT2D eigenvalue weighted by Crippen LogP contribution is 2.35. The normalized spacial score (nSPS) is 21.8. The van der Waals surface area contributed by atoms with Gasteiger partial charge in [-0.25, -0.2) is 15.0 Å². The first-order chi connectivity index (χ1) is 10.3. The van der Waals surface area contributed by atoms with Gasteiger partial charge in [-0.1, -0.05) is 0 Å². The van der Waals surface area contributed by atoms with Gasteiger partial charge in [0.15, 0.2) is 5.82 Å². The van der Waals surface area contributed by atoms with Crippen molar-refractivity contribution in [3.8, 4) is 11.4 Å². The van der Waals surface area contributed by atoms with E-state index in [-0.39, 0.29) is 30.4 Å². The summed E-state index contributed by atoms with van der Waals surface area (Å²) in [6, 6.07) is 3.54. The van der Waals surface area contributed by atoms with Crippen molar-refractivity contribution in [2.75, 3.05) is 18.4 Å². The standard InChI is InChI=1S/C15H16FN5.2ClH/c16-12-11(14-18-5-1-6-19-14)8-10-2-3-15(4-7-17-9-15)21-13(10)20-12;;/h1,5-6,8,17H,2-4,7,9H2,(H,20,21);2*1H. The quantitative estimate of drug-likeness (QED) is 0.768. The lowest BCUT2D eigenvalue weighted by molar-refractivity contribution is 0.450. The van der Waals surface area contributed by atoms with Gasteiger partial charge in [0, 0.05) is 18.9 Å². The Balaban J connectivity index is 0.000000960. The third kappa shape index (κ3) is 3.24. The molecule has 0 bridgehead atoms. The lowest BCUT2D eigenvalue weighted by Gasteiger charge is -2.35. The molecule has 0 aliphatic carbocycles.